The molecule has 0 atom stereocenters. The number of hydrogen-bond acceptors (Lipinski definition) is 5. The zero-order valence-electron chi connectivity index (χ0n) is 14.7. The van der Waals surface area contributed by atoms with Crippen LogP contribution in [0, 0.1) is 6.92 Å². The highest BCUT2D eigenvalue weighted by Gasteiger charge is 2.09. The summed E-state index contributed by atoms with van der Waals surface area (Å²) in [6.45, 7) is 7.17. The van der Waals surface area contributed by atoms with Crippen LogP contribution in [0.3, 0.4) is 0 Å². The fourth-order valence-corrected chi connectivity index (χ4v) is 3.13. The minimum absolute atomic E-state index is 0.581. The summed E-state index contributed by atoms with van der Waals surface area (Å²) in [4.78, 5) is 4.31. The van der Waals surface area contributed by atoms with Crippen molar-refractivity contribution in [1.29, 1.82) is 0 Å². The Morgan fingerprint density at radius 2 is 1.84 bits per heavy atom. The number of ether oxygens (including phenoxy) is 2. The molecule has 3 aromatic rings. The molecule has 0 radical (unpaired) electrons. The van der Waals surface area contributed by atoms with Gasteiger partial charge in [0, 0.05) is 12.2 Å². The minimum atomic E-state index is 0.581. The number of anilines is 1. The number of aryl methyl sites for hydroxylation is 2. The number of hydrogen-bond donors (Lipinski definition) is 1. The van der Waals surface area contributed by atoms with E-state index in [1.54, 1.807) is 6.20 Å². The van der Waals surface area contributed by atoms with Crippen LogP contribution in [-0.4, -0.2) is 11.5 Å². The van der Waals surface area contributed by atoms with Gasteiger partial charge in [-0.2, -0.15) is 0 Å². The lowest BCUT2D eigenvalue weighted by Gasteiger charge is -2.08. The van der Waals surface area contributed by atoms with Crippen molar-refractivity contribution in [2.24, 2.45) is 0 Å². The van der Waals surface area contributed by atoms with Crippen LogP contribution in [0.2, 0.25) is 0 Å². The molecular weight excluding hydrogens is 332 g/mol. The van der Waals surface area contributed by atoms with Crippen LogP contribution in [0.25, 0.3) is 0 Å². The summed E-state index contributed by atoms with van der Waals surface area (Å²) in [7, 11) is 0. The molecule has 0 fully saturated rings. The van der Waals surface area contributed by atoms with E-state index in [1.165, 1.54) is 22.5 Å². The number of aromatic nitrogens is 1. The van der Waals surface area contributed by atoms with Crippen molar-refractivity contribution in [3.05, 3.63) is 59.8 Å². The molecule has 2 aromatic carbocycles. The van der Waals surface area contributed by atoms with Gasteiger partial charge in [-0.3, -0.25) is 0 Å². The Hall–Kier alpha value is -2.53. The highest BCUT2D eigenvalue weighted by atomic mass is 32.1. The number of nitrogens with zero attached hydrogens (tertiary/aromatic N) is 1. The Balaban J connectivity index is 1.68. The summed E-state index contributed by atoms with van der Waals surface area (Å²) in [5.74, 6) is 1.63. The third kappa shape index (κ3) is 4.51. The normalized spacial score (nSPS) is 10.5. The van der Waals surface area contributed by atoms with Crippen LogP contribution in [-0.2, 0) is 6.42 Å². The van der Waals surface area contributed by atoms with E-state index in [1.807, 2.05) is 36.4 Å². The van der Waals surface area contributed by atoms with E-state index in [2.05, 4.69) is 37.1 Å². The molecule has 0 amide bonds. The van der Waals surface area contributed by atoms with Gasteiger partial charge >= 0.3 is 0 Å². The van der Waals surface area contributed by atoms with E-state index in [9.17, 15) is 0 Å². The van der Waals surface area contributed by atoms with Crippen LogP contribution in [0.1, 0.15) is 25.0 Å². The first-order chi connectivity index (χ1) is 12.2. The van der Waals surface area contributed by atoms with Gasteiger partial charge in [0.05, 0.1) is 6.20 Å². The van der Waals surface area contributed by atoms with Crippen LogP contribution in [0.15, 0.2) is 48.7 Å². The number of rotatable bonds is 7. The van der Waals surface area contributed by atoms with Crippen molar-refractivity contribution >= 4 is 17.0 Å². The highest BCUT2D eigenvalue weighted by molar-refractivity contribution is 7.15. The summed E-state index contributed by atoms with van der Waals surface area (Å²) in [6.07, 6.45) is 2.61. The molecule has 1 heterocycles. The Labute approximate surface area is 152 Å². The highest BCUT2D eigenvalue weighted by Crippen LogP contribution is 2.35. The van der Waals surface area contributed by atoms with Crippen molar-refractivity contribution in [1.82, 2.24) is 4.98 Å². The molecular formula is C20H22N2O2S. The maximum absolute atomic E-state index is 5.94. The fourth-order valence-electron chi connectivity index (χ4n) is 2.48. The Morgan fingerprint density at radius 3 is 2.56 bits per heavy atom. The van der Waals surface area contributed by atoms with E-state index in [-0.39, 0.29) is 0 Å². The van der Waals surface area contributed by atoms with Crippen molar-refractivity contribution < 1.29 is 9.47 Å². The van der Waals surface area contributed by atoms with Crippen molar-refractivity contribution in [2.75, 3.05) is 11.9 Å². The maximum Gasteiger partial charge on any atom is 0.282 e. The third-order valence-corrected chi connectivity index (χ3v) is 4.46. The van der Waals surface area contributed by atoms with Gasteiger partial charge in [-0.05, 0) is 67.5 Å². The zero-order chi connectivity index (χ0) is 17.6. The lowest BCUT2D eigenvalue weighted by Crippen LogP contribution is -1.95. The average Bonchev–Trinajstić information content (AvgIpc) is 3.05. The van der Waals surface area contributed by atoms with Crippen LogP contribution >= 0.6 is 11.3 Å². The summed E-state index contributed by atoms with van der Waals surface area (Å²) in [6, 6.07) is 14.1. The third-order valence-electron chi connectivity index (χ3n) is 3.71. The van der Waals surface area contributed by atoms with Gasteiger partial charge in [0.25, 0.3) is 5.19 Å². The van der Waals surface area contributed by atoms with Crippen LogP contribution < -0.4 is 14.8 Å². The van der Waals surface area contributed by atoms with E-state index in [0.29, 0.717) is 10.3 Å². The molecule has 0 saturated heterocycles. The van der Waals surface area contributed by atoms with Gasteiger partial charge in [-0.15, -0.1) is 0 Å². The van der Waals surface area contributed by atoms with E-state index >= 15 is 0 Å². The average molecular weight is 354 g/mol. The standard InChI is InChI=1S/C20H22N2O2S/c1-4-15-12-14(3)6-11-18(15)24-20-22-13-19(25-20)23-17-9-7-16(8-10-17)21-5-2/h6-13,21H,4-5H2,1-3H3. The van der Waals surface area contributed by atoms with Gasteiger partial charge < -0.3 is 14.8 Å². The van der Waals surface area contributed by atoms with E-state index in [0.717, 1.165) is 30.2 Å². The molecule has 130 valence electrons. The monoisotopic (exact) mass is 354 g/mol. The Bertz CT molecular complexity index is 828. The first-order valence-electron chi connectivity index (χ1n) is 8.43. The largest absolute Gasteiger partial charge is 0.445 e. The lowest BCUT2D eigenvalue weighted by molar-refractivity contribution is 0.473. The zero-order valence-corrected chi connectivity index (χ0v) is 15.5. The van der Waals surface area contributed by atoms with Gasteiger partial charge in [0.2, 0.25) is 5.06 Å². The quantitative estimate of drug-likeness (QED) is 0.562. The molecule has 3 rings (SSSR count). The molecule has 25 heavy (non-hydrogen) atoms. The van der Waals surface area contributed by atoms with E-state index < -0.39 is 0 Å². The van der Waals surface area contributed by atoms with Crippen molar-refractivity contribution in [3.63, 3.8) is 0 Å². The minimum Gasteiger partial charge on any atom is -0.445 e. The molecule has 1 N–H and O–H groups in total. The smallest absolute Gasteiger partial charge is 0.282 e. The first-order valence-corrected chi connectivity index (χ1v) is 9.24. The number of benzene rings is 2. The second-order valence-corrected chi connectivity index (χ2v) is 6.62. The molecule has 1 aromatic heterocycles. The molecule has 0 saturated carbocycles. The molecule has 4 nitrogen and oxygen atoms in total. The SMILES string of the molecule is CCNc1ccc(Oc2cnc(Oc3ccc(C)cc3CC)s2)cc1. The van der Waals surface area contributed by atoms with Crippen molar-refractivity contribution in [2.45, 2.75) is 27.2 Å². The Kier molecular flexibility index (Phi) is 5.56. The van der Waals surface area contributed by atoms with Gasteiger partial charge in [-0.25, -0.2) is 4.98 Å². The predicted octanol–water partition coefficient (Wildman–Crippen LogP) is 6.03. The van der Waals surface area contributed by atoms with Crippen LogP contribution in [0.5, 0.6) is 21.8 Å². The van der Waals surface area contributed by atoms with Gasteiger partial charge in [-0.1, -0.05) is 24.6 Å². The van der Waals surface area contributed by atoms with Crippen LogP contribution in [0.4, 0.5) is 5.69 Å². The first kappa shape index (κ1) is 17.3. The second kappa shape index (κ2) is 8.03. The summed E-state index contributed by atoms with van der Waals surface area (Å²) in [5.41, 5.74) is 3.49. The molecule has 0 aliphatic heterocycles. The topological polar surface area (TPSA) is 43.4 Å². The maximum atomic E-state index is 5.94. The second-order valence-electron chi connectivity index (χ2n) is 5.67. The summed E-state index contributed by atoms with van der Waals surface area (Å²) >= 11 is 1.39. The summed E-state index contributed by atoms with van der Waals surface area (Å²) in [5, 5.41) is 4.55. The molecule has 0 spiro atoms. The molecule has 0 aliphatic carbocycles. The van der Waals surface area contributed by atoms with Gasteiger partial charge in [0.15, 0.2) is 0 Å². The molecule has 5 heteroatoms. The molecule has 0 bridgehead atoms. The molecule has 0 aliphatic rings. The number of thiazole rings is 1. The van der Waals surface area contributed by atoms with Crippen molar-refractivity contribution in [3.8, 4) is 21.8 Å². The lowest BCUT2D eigenvalue weighted by atomic mass is 10.1. The fraction of sp³-hybridized carbons (Fsp3) is 0.250. The van der Waals surface area contributed by atoms with Gasteiger partial charge in [0.1, 0.15) is 11.5 Å². The predicted molar refractivity (Wildman–Crippen MR) is 103 cm³/mol. The summed E-state index contributed by atoms with van der Waals surface area (Å²) < 4.78 is 11.8. The Morgan fingerprint density at radius 1 is 1.04 bits per heavy atom. The van der Waals surface area contributed by atoms with E-state index in [4.69, 9.17) is 9.47 Å². The number of nitrogens with one attached hydrogen (secondary N) is 1. The molecule has 0 unspecified atom stereocenters.